The van der Waals surface area contributed by atoms with Crippen LogP contribution in [-0.2, 0) is 9.53 Å². The fourth-order valence-electron chi connectivity index (χ4n) is 3.04. The number of halogens is 1. The van der Waals surface area contributed by atoms with E-state index >= 15 is 0 Å². The van der Waals surface area contributed by atoms with Crippen molar-refractivity contribution in [1.82, 2.24) is 0 Å². The van der Waals surface area contributed by atoms with E-state index in [1.165, 1.54) is 0 Å². The topological polar surface area (TPSA) is 26.3 Å². The molecule has 0 aliphatic carbocycles. The van der Waals surface area contributed by atoms with E-state index in [0.29, 0.717) is 5.02 Å². The highest BCUT2D eigenvalue weighted by molar-refractivity contribution is 6.30. The maximum atomic E-state index is 12.4. The molecule has 1 aliphatic rings. The molecule has 0 aromatic heterocycles. The van der Waals surface area contributed by atoms with Crippen LogP contribution in [0.4, 0.5) is 0 Å². The van der Waals surface area contributed by atoms with E-state index in [1.54, 1.807) is 0 Å². The third-order valence-corrected chi connectivity index (χ3v) is 4.27. The fraction of sp³-hybridized carbons (Fsp3) is 0.278. The largest absolute Gasteiger partial charge is 0.462 e. The predicted octanol–water partition coefficient (Wildman–Crippen LogP) is 4.54. The molecule has 0 radical (unpaired) electrons. The summed E-state index contributed by atoms with van der Waals surface area (Å²) in [6.45, 7) is 1.95. The van der Waals surface area contributed by atoms with Crippen LogP contribution < -0.4 is 0 Å². The van der Waals surface area contributed by atoms with Gasteiger partial charge in [-0.15, -0.1) is 0 Å². The molecule has 1 aliphatic heterocycles. The minimum absolute atomic E-state index is 0.0573. The maximum absolute atomic E-state index is 12.4. The van der Waals surface area contributed by atoms with Gasteiger partial charge < -0.3 is 4.74 Å². The highest BCUT2D eigenvalue weighted by Gasteiger charge is 2.38. The summed E-state index contributed by atoms with van der Waals surface area (Å²) in [5.41, 5.74) is 2.14. The zero-order valence-corrected chi connectivity index (χ0v) is 12.6. The summed E-state index contributed by atoms with van der Waals surface area (Å²) in [4.78, 5) is 12.4. The smallest absolute Gasteiger partial charge is 0.314 e. The van der Waals surface area contributed by atoms with Gasteiger partial charge in [-0.2, -0.15) is 0 Å². The van der Waals surface area contributed by atoms with Gasteiger partial charge in [0.1, 0.15) is 0 Å². The first-order valence-electron chi connectivity index (χ1n) is 7.16. The van der Waals surface area contributed by atoms with Gasteiger partial charge in [0.15, 0.2) is 0 Å². The van der Waals surface area contributed by atoms with E-state index in [4.69, 9.17) is 16.3 Å². The second kappa shape index (κ2) is 5.90. The van der Waals surface area contributed by atoms with Gasteiger partial charge in [-0.1, -0.05) is 54.1 Å². The SMILES string of the molecule is C[C@H]1C[C@@H](c2ccc(Cl)cc2)[C@@H](c2ccccc2)C(=O)O1. The first-order chi connectivity index (χ1) is 10.1. The minimum Gasteiger partial charge on any atom is -0.462 e. The number of hydrogen-bond donors (Lipinski definition) is 0. The highest BCUT2D eigenvalue weighted by Crippen LogP contribution is 2.41. The monoisotopic (exact) mass is 300 g/mol. The van der Waals surface area contributed by atoms with E-state index in [-0.39, 0.29) is 23.9 Å². The number of carbonyl (C=O) groups excluding carboxylic acids is 1. The Balaban J connectivity index is 2.01. The van der Waals surface area contributed by atoms with E-state index in [9.17, 15) is 4.79 Å². The Bertz CT molecular complexity index is 621. The van der Waals surface area contributed by atoms with Crippen LogP contribution in [0.1, 0.15) is 36.3 Å². The molecule has 0 saturated carbocycles. The zero-order chi connectivity index (χ0) is 14.8. The minimum atomic E-state index is -0.247. The van der Waals surface area contributed by atoms with Crippen LogP contribution in [0.25, 0.3) is 0 Å². The van der Waals surface area contributed by atoms with E-state index in [1.807, 2.05) is 61.5 Å². The Labute approximate surface area is 129 Å². The molecule has 3 atom stereocenters. The van der Waals surface area contributed by atoms with Crippen molar-refractivity contribution < 1.29 is 9.53 Å². The average molecular weight is 301 g/mol. The number of carbonyl (C=O) groups is 1. The Morgan fingerprint density at radius 2 is 1.67 bits per heavy atom. The van der Waals surface area contributed by atoms with Crippen molar-refractivity contribution in [2.45, 2.75) is 31.3 Å². The first-order valence-corrected chi connectivity index (χ1v) is 7.54. The third kappa shape index (κ3) is 2.96. The lowest BCUT2D eigenvalue weighted by Crippen LogP contribution is -2.34. The van der Waals surface area contributed by atoms with Gasteiger partial charge in [0.05, 0.1) is 12.0 Å². The molecule has 2 aromatic carbocycles. The highest BCUT2D eigenvalue weighted by atomic mass is 35.5. The van der Waals surface area contributed by atoms with Crippen molar-refractivity contribution in [2.75, 3.05) is 0 Å². The molecule has 108 valence electrons. The van der Waals surface area contributed by atoms with Gasteiger partial charge in [0.2, 0.25) is 0 Å². The van der Waals surface area contributed by atoms with Crippen LogP contribution in [0, 0.1) is 0 Å². The van der Waals surface area contributed by atoms with Crippen LogP contribution in [0.5, 0.6) is 0 Å². The summed E-state index contributed by atoms with van der Waals surface area (Å²) in [6, 6.07) is 17.6. The normalized spacial score (nSPS) is 25.4. The van der Waals surface area contributed by atoms with Gasteiger partial charge >= 0.3 is 5.97 Å². The summed E-state index contributed by atoms with van der Waals surface area (Å²) < 4.78 is 5.46. The van der Waals surface area contributed by atoms with Gasteiger partial charge in [0, 0.05) is 10.9 Å². The number of benzene rings is 2. The second-order valence-electron chi connectivity index (χ2n) is 5.53. The molecule has 1 fully saturated rings. The first kappa shape index (κ1) is 14.2. The fourth-order valence-corrected chi connectivity index (χ4v) is 3.17. The van der Waals surface area contributed by atoms with Crippen molar-refractivity contribution in [3.8, 4) is 0 Å². The molecule has 2 aromatic rings. The summed E-state index contributed by atoms with van der Waals surface area (Å²) in [5.74, 6) is -0.260. The lowest BCUT2D eigenvalue weighted by atomic mass is 9.77. The van der Waals surface area contributed by atoms with Crippen molar-refractivity contribution in [3.63, 3.8) is 0 Å². The van der Waals surface area contributed by atoms with Crippen molar-refractivity contribution in [2.24, 2.45) is 0 Å². The summed E-state index contributed by atoms with van der Waals surface area (Å²) >= 11 is 5.97. The Hall–Kier alpha value is -1.80. The van der Waals surface area contributed by atoms with Gasteiger partial charge in [-0.3, -0.25) is 4.79 Å². The van der Waals surface area contributed by atoms with E-state index < -0.39 is 0 Å². The molecule has 0 unspecified atom stereocenters. The third-order valence-electron chi connectivity index (χ3n) is 4.02. The molecule has 2 nitrogen and oxygen atoms in total. The molecule has 1 heterocycles. The number of rotatable bonds is 2. The standard InChI is InChI=1S/C18H17ClO2/c1-12-11-16(13-7-9-15(19)10-8-13)17(18(20)21-12)14-5-3-2-4-6-14/h2-10,12,16-17H,11H2,1H3/t12-,16-,17+/m0/s1. The van der Waals surface area contributed by atoms with Crippen LogP contribution in [-0.4, -0.2) is 12.1 Å². The maximum Gasteiger partial charge on any atom is 0.314 e. The zero-order valence-electron chi connectivity index (χ0n) is 11.8. The molecule has 3 rings (SSSR count). The molecule has 21 heavy (non-hydrogen) atoms. The van der Waals surface area contributed by atoms with Gasteiger partial charge in [-0.05, 0) is 36.6 Å². The molecule has 1 saturated heterocycles. The molecule has 3 heteroatoms. The molecule has 0 bridgehead atoms. The quantitative estimate of drug-likeness (QED) is 0.761. The van der Waals surface area contributed by atoms with E-state index in [2.05, 4.69) is 0 Å². The van der Waals surface area contributed by atoms with E-state index in [0.717, 1.165) is 17.5 Å². The van der Waals surface area contributed by atoms with Crippen molar-refractivity contribution >= 4 is 17.6 Å². The van der Waals surface area contributed by atoms with Crippen molar-refractivity contribution in [3.05, 3.63) is 70.7 Å². The predicted molar refractivity (Wildman–Crippen MR) is 83.5 cm³/mol. The lowest BCUT2D eigenvalue weighted by molar-refractivity contribution is -0.156. The Morgan fingerprint density at radius 3 is 2.33 bits per heavy atom. The summed E-state index contributed by atoms with van der Waals surface area (Å²) in [6.07, 6.45) is 0.769. The van der Waals surface area contributed by atoms with Crippen molar-refractivity contribution in [1.29, 1.82) is 0 Å². The average Bonchev–Trinajstić information content (AvgIpc) is 2.48. The second-order valence-corrected chi connectivity index (χ2v) is 5.97. The lowest BCUT2D eigenvalue weighted by Gasteiger charge is -2.34. The van der Waals surface area contributed by atoms with Crippen LogP contribution >= 0.6 is 11.6 Å². The molecular formula is C18H17ClO2. The molecular weight excluding hydrogens is 284 g/mol. The van der Waals surface area contributed by atoms with Crippen LogP contribution in [0.3, 0.4) is 0 Å². The number of esters is 1. The van der Waals surface area contributed by atoms with Crippen LogP contribution in [0.15, 0.2) is 54.6 Å². The number of cyclic esters (lactones) is 1. The van der Waals surface area contributed by atoms with Gasteiger partial charge in [0.25, 0.3) is 0 Å². The number of ether oxygens (including phenoxy) is 1. The molecule has 0 N–H and O–H groups in total. The summed E-state index contributed by atoms with van der Waals surface area (Å²) in [5, 5.41) is 0.710. The number of hydrogen-bond acceptors (Lipinski definition) is 2. The van der Waals surface area contributed by atoms with Gasteiger partial charge in [-0.25, -0.2) is 0 Å². The van der Waals surface area contributed by atoms with Crippen LogP contribution in [0.2, 0.25) is 5.02 Å². The Kier molecular flexibility index (Phi) is 3.98. The Morgan fingerprint density at radius 1 is 1.00 bits per heavy atom. The molecule has 0 spiro atoms. The summed E-state index contributed by atoms with van der Waals surface area (Å²) in [7, 11) is 0. The molecule has 0 amide bonds.